The summed E-state index contributed by atoms with van der Waals surface area (Å²) in [5, 5.41) is 12.0. The Hall–Kier alpha value is -2.38. The number of hydrogen-bond donors (Lipinski definition) is 3. The smallest absolute Gasteiger partial charge is 0.354 e. The Morgan fingerprint density at radius 1 is 1.38 bits per heavy atom. The largest absolute Gasteiger partial charge is 0.477 e. The highest BCUT2D eigenvalue weighted by Crippen LogP contribution is 2.26. The number of carbonyl (C=O) groups excluding carboxylic acids is 2. The third-order valence-corrected chi connectivity index (χ3v) is 4.17. The summed E-state index contributed by atoms with van der Waals surface area (Å²) in [5.41, 5.74) is -0.236. The third kappa shape index (κ3) is 2.48. The number of carbonyl (C=O) groups is 3. The number of amides is 2. The summed E-state index contributed by atoms with van der Waals surface area (Å²) in [7, 11) is 0. The van der Waals surface area contributed by atoms with Gasteiger partial charge in [0.1, 0.15) is 0 Å². The van der Waals surface area contributed by atoms with Gasteiger partial charge >= 0.3 is 5.97 Å². The van der Waals surface area contributed by atoms with Crippen molar-refractivity contribution >= 4 is 17.8 Å². The van der Waals surface area contributed by atoms with Crippen LogP contribution in [0.3, 0.4) is 0 Å². The van der Waals surface area contributed by atoms with E-state index in [1.807, 2.05) is 0 Å². The average molecular weight is 292 g/mol. The predicted molar refractivity (Wildman–Crippen MR) is 70.7 cm³/mol. The van der Waals surface area contributed by atoms with Crippen molar-refractivity contribution in [3.63, 3.8) is 0 Å². The zero-order valence-corrected chi connectivity index (χ0v) is 11.3. The molecule has 8 heteroatoms. The topological polar surface area (TPSA) is 115 Å². The summed E-state index contributed by atoms with van der Waals surface area (Å²) in [6, 6.07) is 0.119. The number of H-pyrrole nitrogens is 1. The Bertz CT molecular complexity index is 597. The molecule has 2 fully saturated rings. The van der Waals surface area contributed by atoms with Crippen molar-refractivity contribution in [2.45, 2.75) is 25.3 Å². The van der Waals surface area contributed by atoms with E-state index in [9.17, 15) is 14.4 Å². The minimum absolute atomic E-state index is 0.0548. The number of likely N-dealkylation sites (tertiary alicyclic amines) is 1. The second-order valence-corrected chi connectivity index (χ2v) is 5.44. The van der Waals surface area contributed by atoms with Gasteiger partial charge in [0.25, 0.3) is 5.91 Å². The summed E-state index contributed by atoms with van der Waals surface area (Å²) in [6.07, 6.45) is 3.14. The molecule has 112 valence electrons. The van der Waals surface area contributed by atoms with E-state index in [2.05, 4.69) is 15.3 Å². The number of nitrogens with one attached hydrogen (secondary N) is 2. The molecule has 1 aromatic rings. The van der Waals surface area contributed by atoms with E-state index in [-0.39, 0.29) is 35.2 Å². The number of hydrogen-bond acceptors (Lipinski definition) is 4. The van der Waals surface area contributed by atoms with Crippen molar-refractivity contribution in [3.05, 3.63) is 17.7 Å². The van der Waals surface area contributed by atoms with Gasteiger partial charge in [0, 0.05) is 25.6 Å². The molecule has 3 rings (SSSR count). The Kier molecular flexibility index (Phi) is 3.36. The van der Waals surface area contributed by atoms with Gasteiger partial charge in [-0.15, -0.1) is 0 Å². The normalized spacial score (nSPS) is 25.1. The van der Waals surface area contributed by atoms with Crippen LogP contribution in [0.25, 0.3) is 0 Å². The summed E-state index contributed by atoms with van der Waals surface area (Å²) in [6.45, 7) is 1.02. The molecular weight excluding hydrogens is 276 g/mol. The minimum Gasteiger partial charge on any atom is -0.477 e. The molecule has 0 radical (unpaired) electrons. The summed E-state index contributed by atoms with van der Waals surface area (Å²) in [4.78, 5) is 42.8. The van der Waals surface area contributed by atoms with Gasteiger partial charge in [0.15, 0.2) is 11.4 Å². The number of rotatable bonds is 2. The lowest BCUT2D eigenvalue weighted by Crippen LogP contribution is -2.55. The molecule has 8 nitrogen and oxygen atoms in total. The molecule has 0 bridgehead atoms. The van der Waals surface area contributed by atoms with Crippen molar-refractivity contribution in [1.82, 2.24) is 20.2 Å². The van der Waals surface area contributed by atoms with Gasteiger partial charge in [0.05, 0.1) is 6.33 Å². The molecule has 0 spiro atoms. The SMILES string of the molecule is O=C1CCC2CN(C(=O)c3nc[nH]c3C(=O)O)CCC2N1. The van der Waals surface area contributed by atoms with Crippen LogP contribution in [0.2, 0.25) is 0 Å². The van der Waals surface area contributed by atoms with Gasteiger partial charge in [-0.25, -0.2) is 9.78 Å². The second kappa shape index (κ2) is 5.19. The first-order chi connectivity index (χ1) is 10.1. The van der Waals surface area contributed by atoms with Gasteiger partial charge < -0.3 is 20.3 Å². The number of carboxylic acids is 1. The zero-order valence-electron chi connectivity index (χ0n) is 11.3. The molecule has 1 aromatic heterocycles. The third-order valence-electron chi connectivity index (χ3n) is 4.17. The maximum Gasteiger partial charge on any atom is 0.354 e. The molecular formula is C13H16N4O4. The lowest BCUT2D eigenvalue weighted by molar-refractivity contribution is -0.125. The number of carboxylic acid groups (broad SMARTS) is 1. The number of piperidine rings is 2. The molecule has 0 aromatic carbocycles. The van der Waals surface area contributed by atoms with Crippen LogP contribution >= 0.6 is 0 Å². The van der Waals surface area contributed by atoms with E-state index in [1.54, 1.807) is 4.90 Å². The van der Waals surface area contributed by atoms with Gasteiger partial charge in [-0.05, 0) is 18.8 Å². The van der Waals surface area contributed by atoms with Crippen molar-refractivity contribution in [2.24, 2.45) is 5.92 Å². The predicted octanol–water partition coefficient (Wildman–Crippen LogP) is -0.151. The Labute approximate surface area is 120 Å². The molecule has 2 saturated heterocycles. The maximum absolute atomic E-state index is 12.4. The quantitative estimate of drug-likeness (QED) is 0.701. The summed E-state index contributed by atoms with van der Waals surface area (Å²) >= 11 is 0. The van der Waals surface area contributed by atoms with E-state index in [0.717, 1.165) is 6.42 Å². The van der Waals surface area contributed by atoms with Crippen LogP contribution < -0.4 is 5.32 Å². The van der Waals surface area contributed by atoms with E-state index >= 15 is 0 Å². The highest BCUT2D eigenvalue weighted by atomic mass is 16.4. The molecule has 2 aliphatic heterocycles. The van der Waals surface area contributed by atoms with Crippen LogP contribution in [-0.2, 0) is 4.79 Å². The van der Waals surface area contributed by atoms with Crippen LogP contribution in [0.1, 0.15) is 40.2 Å². The van der Waals surface area contributed by atoms with Crippen LogP contribution in [0.15, 0.2) is 6.33 Å². The molecule has 2 atom stereocenters. The monoisotopic (exact) mass is 292 g/mol. The van der Waals surface area contributed by atoms with Crippen molar-refractivity contribution in [2.75, 3.05) is 13.1 Å². The van der Waals surface area contributed by atoms with E-state index < -0.39 is 5.97 Å². The summed E-state index contributed by atoms with van der Waals surface area (Å²) < 4.78 is 0. The Morgan fingerprint density at radius 3 is 2.95 bits per heavy atom. The van der Waals surface area contributed by atoms with Crippen molar-refractivity contribution in [3.8, 4) is 0 Å². The lowest BCUT2D eigenvalue weighted by Gasteiger charge is -2.41. The molecule has 21 heavy (non-hydrogen) atoms. The molecule has 0 aliphatic carbocycles. The first-order valence-corrected chi connectivity index (χ1v) is 6.91. The molecule has 2 aliphatic rings. The molecule has 3 heterocycles. The number of nitrogens with zero attached hydrogens (tertiary/aromatic N) is 2. The Balaban J connectivity index is 1.73. The highest BCUT2D eigenvalue weighted by Gasteiger charge is 2.36. The average Bonchev–Trinajstić information content (AvgIpc) is 2.95. The van der Waals surface area contributed by atoms with E-state index in [1.165, 1.54) is 6.33 Å². The first-order valence-electron chi connectivity index (χ1n) is 6.91. The van der Waals surface area contributed by atoms with Crippen molar-refractivity contribution < 1.29 is 19.5 Å². The number of aromatic amines is 1. The van der Waals surface area contributed by atoms with Crippen molar-refractivity contribution in [1.29, 1.82) is 0 Å². The number of aromatic carboxylic acids is 1. The molecule has 2 unspecified atom stereocenters. The highest BCUT2D eigenvalue weighted by molar-refractivity contribution is 6.02. The maximum atomic E-state index is 12.4. The van der Waals surface area contributed by atoms with Crippen LogP contribution in [0.5, 0.6) is 0 Å². The fraction of sp³-hybridized carbons (Fsp3) is 0.538. The molecule has 2 amide bonds. The van der Waals surface area contributed by atoms with Gasteiger partial charge in [-0.2, -0.15) is 0 Å². The zero-order chi connectivity index (χ0) is 15.0. The minimum atomic E-state index is -1.20. The fourth-order valence-corrected chi connectivity index (χ4v) is 3.06. The second-order valence-electron chi connectivity index (χ2n) is 5.44. The van der Waals surface area contributed by atoms with E-state index in [0.29, 0.717) is 25.9 Å². The van der Waals surface area contributed by atoms with Gasteiger partial charge in [0.2, 0.25) is 5.91 Å². The molecule has 0 saturated carbocycles. The molecule has 3 N–H and O–H groups in total. The summed E-state index contributed by atoms with van der Waals surface area (Å²) in [5.74, 6) is -1.27. The fourth-order valence-electron chi connectivity index (χ4n) is 3.06. The number of imidazole rings is 1. The lowest BCUT2D eigenvalue weighted by atomic mass is 9.85. The van der Waals surface area contributed by atoms with Gasteiger partial charge in [-0.1, -0.05) is 0 Å². The van der Waals surface area contributed by atoms with Gasteiger partial charge in [-0.3, -0.25) is 9.59 Å². The first kappa shape index (κ1) is 13.6. The number of aromatic nitrogens is 2. The van der Waals surface area contributed by atoms with E-state index in [4.69, 9.17) is 5.11 Å². The Morgan fingerprint density at radius 2 is 2.19 bits per heavy atom. The van der Waals surface area contributed by atoms with Crippen LogP contribution in [-0.4, -0.2) is 56.9 Å². The van der Waals surface area contributed by atoms with Crippen LogP contribution in [0.4, 0.5) is 0 Å². The number of fused-ring (bicyclic) bond motifs is 1. The standard InChI is InChI=1S/C13H16N4O4/c18-9-2-1-7-5-17(4-3-8(7)16-9)12(19)10-11(13(20)21)15-6-14-10/h6-8H,1-5H2,(H,14,15)(H,16,18)(H,20,21). The van der Waals surface area contributed by atoms with Crippen LogP contribution in [0, 0.1) is 5.92 Å².